The summed E-state index contributed by atoms with van der Waals surface area (Å²) in [6.45, 7) is 2.16. The van der Waals surface area contributed by atoms with E-state index < -0.39 is 18.5 Å². The van der Waals surface area contributed by atoms with Gasteiger partial charge in [-0.15, -0.1) is 0 Å². The summed E-state index contributed by atoms with van der Waals surface area (Å²) in [7, 11) is 0. The Bertz CT molecular complexity index is 1350. The number of piperazine rings is 1. The number of anilines is 2. The zero-order valence-electron chi connectivity index (χ0n) is 19.2. The first-order valence-electron chi connectivity index (χ1n) is 11.4. The standard InChI is InChI=1S/C24H23F3N8O/c25-24(26,27)14-21(36)35-10-8-34(9-11-35)15-16-4-7-28-20(12-16)33-23-31-18-3-2-17(13-19(18)32-23)22-29-5-1-6-30-22/h1-7,12-13H,8-11,14-15H2,(H2,28,31,32,33). The molecule has 0 aliphatic carbocycles. The summed E-state index contributed by atoms with van der Waals surface area (Å²) in [5.41, 5.74) is 3.48. The molecule has 0 radical (unpaired) electrons. The van der Waals surface area contributed by atoms with Crippen LogP contribution in [-0.4, -0.2) is 73.0 Å². The smallest absolute Gasteiger partial charge is 0.340 e. The van der Waals surface area contributed by atoms with E-state index in [2.05, 4.69) is 35.1 Å². The van der Waals surface area contributed by atoms with Crippen LogP contribution < -0.4 is 5.32 Å². The first-order valence-corrected chi connectivity index (χ1v) is 11.4. The summed E-state index contributed by atoms with van der Waals surface area (Å²) in [4.78, 5) is 35.9. The van der Waals surface area contributed by atoms with E-state index in [1.165, 1.54) is 4.90 Å². The van der Waals surface area contributed by atoms with Crippen LogP contribution in [-0.2, 0) is 11.3 Å². The molecular formula is C24H23F3N8O. The van der Waals surface area contributed by atoms with E-state index in [1.807, 2.05) is 30.3 Å². The largest absolute Gasteiger partial charge is 0.397 e. The quantitative estimate of drug-likeness (QED) is 0.419. The van der Waals surface area contributed by atoms with Gasteiger partial charge in [-0.05, 0) is 42.0 Å². The van der Waals surface area contributed by atoms with Crippen molar-refractivity contribution < 1.29 is 18.0 Å². The number of fused-ring (bicyclic) bond motifs is 1. The van der Waals surface area contributed by atoms with Crippen molar-refractivity contribution in [2.45, 2.75) is 19.1 Å². The molecule has 186 valence electrons. The Kier molecular flexibility index (Phi) is 6.51. The van der Waals surface area contributed by atoms with E-state index in [0.717, 1.165) is 22.2 Å². The van der Waals surface area contributed by atoms with E-state index in [-0.39, 0.29) is 13.1 Å². The van der Waals surface area contributed by atoms with Gasteiger partial charge in [0.15, 0.2) is 5.82 Å². The Hall–Kier alpha value is -4.06. The Labute approximate surface area is 204 Å². The second-order valence-electron chi connectivity index (χ2n) is 8.51. The van der Waals surface area contributed by atoms with Crippen LogP contribution in [0.15, 0.2) is 55.0 Å². The molecule has 1 saturated heterocycles. The van der Waals surface area contributed by atoms with E-state index in [0.29, 0.717) is 37.2 Å². The van der Waals surface area contributed by atoms with Crippen molar-refractivity contribution in [1.82, 2.24) is 34.7 Å². The third kappa shape index (κ3) is 5.77. The maximum Gasteiger partial charge on any atom is 0.397 e. The van der Waals surface area contributed by atoms with Gasteiger partial charge in [0.25, 0.3) is 0 Å². The summed E-state index contributed by atoms with van der Waals surface area (Å²) in [5, 5.41) is 3.19. The van der Waals surface area contributed by atoms with Crippen LogP contribution in [0, 0.1) is 0 Å². The van der Waals surface area contributed by atoms with Gasteiger partial charge in [0, 0.05) is 56.9 Å². The number of rotatable bonds is 6. The number of halogens is 3. The number of aromatic nitrogens is 5. The lowest BCUT2D eigenvalue weighted by molar-refractivity contribution is -0.162. The predicted octanol–water partition coefficient (Wildman–Crippen LogP) is 3.76. The van der Waals surface area contributed by atoms with Crippen LogP contribution in [0.3, 0.4) is 0 Å². The van der Waals surface area contributed by atoms with Gasteiger partial charge < -0.3 is 15.2 Å². The number of aromatic amines is 1. The molecule has 4 aromatic rings. The van der Waals surface area contributed by atoms with Crippen LogP contribution in [0.2, 0.25) is 0 Å². The molecule has 1 aliphatic rings. The fraction of sp³-hybridized carbons (Fsp3) is 0.292. The van der Waals surface area contributed by atoms with Gasteiger partial charge in [-0.25, -0.2) is 19.9 Å². The Morgan fingerprint density at radius 2 is 1.78 bits per heavy atom. The maximum absolute atomic E-state index is 12.5. The Morgan fingerprint density at radius 3 is 2.53 bits per heavy atom. The molecule has 0 saturated carbocycles. The number of amides is 1. The molecule has 0 unspecified atom stereocenters. The number of hydrogen-bond donors (Lipinski definition) is 2. The molecule has 4 heterocycles. The third-order valence-electron chi connectivity index (χ3n) is 5.86. The molecule has 9 nitrogen and oxygen atoms in total. The van der Waals surface area contributed by atoms with Crippen molar-refractivity contribution in [3.63, 3.8) is 0 Å². The molecule has 1 amide bonds. The minimum Gasteiger partial charge on any atom is -0.340 e. The van der Waals surface area contributed by atoms with Gasteiger partial charge in [-0.2, -0.15) is 13.2 Å². The van der Waals surface area contributed by atoms with Crippen molar-refractivity contribution in [3.8, 4) is 11.4 Å². The topological polar surface area (TPSA) is 103 Å². The van der Waals surface area contributed by atoms with Crippen molar-refractivity contribution in [2.75, 3.05) is 31.5 Å². The normalized spacial score (nSPS) is 14.8. The molecular weight excluding hydrogens is 473 g/mol. The lowest BCUT2D eigenvalue weighted by Crippen LogP contribution is -2.49. The van der Waals surface area contributed by atoms with Crippen LogP contribution in [0.1, 0.15) is 12.0 Å². The minimum atomic E-state index is -4.48. The van der Waals surface area contributed by atoms with Gasteiger partial charge >= 0.3 is 6.18 Å². The van der Waals surface area contributed by atoms with Gasteiger partial charge in [-0.3, -0.25) is 9.69 Å². The number of nitrogens with one attached hydrogen (secondary N) is 2. The van der Waals surface area contributed by atoms with E-state index in [4.69, 9.17) is 0 Å². The third-order valence-corrected chi connectivity index (χ3v) is 5.86. The van der Waals surface area contributed by atoms with Gasteiger partial charge in [0.1, 0.15) is 12.2 Å². The summed E-state index contributed by atoms with van der Waals surface area (Å²) < 4.78 is 37.5. The molecule has 0 spiro atoms. The van der Waals surface area contributed by atoms with Gasteiger partial charge in [0.2, 0.25) is 11.9 Å². The fourth-order valence-corrected chi connectivity index (χ4v) is 4.12. The summed E-state index contributed by atoms with van der Waals surface area (Å²) in [5.74, 6) is 0.907. The highest BCUT2D eigenvalue weighted by Gasteiger charge is 2.34. The van der Waals surface area contributed by atoms with Crippen molar-refractivity contribution in [3.05, 3.63) is 60.6 Å². The zero-order chi connectivity index (χ0) is 25.1. The lowest BCUT2D eigenvalue weighted by Gasteiger charge is -2.35. The van der Waals surface area contributed by atoms with Gasteiger partial charge in [-0.1, -0.05) is 0 Å². The number of carbonyl (C=O) groups is 1. The second kappa shape index (κ2) is 9.90. The number of alkyl halides is 3. The monoisotopic (exact) mass is 496 g/mol. The molecule has 3 aromatic heterocycles. The molecule has 1 aromatic carbocycles. The molecule has 5 rings (SSSR count). The number of hydrogen-bond acceptors (Lipinski definition) is 7. The Morgan fingerprint density at radius 1 is 1.00 bits per heavy atom. The highest BCUT2D eigenvalue weighted by atomic mass is 19.4. The van der Waals surface area contributed by atoms with Crippen LogP contribution >= 0.6 is 0 Å². The number of H-pyrrole nitrogens is 1. The van der Waals surface area contributed by atoms with Crippen LogP contribution in [0.25, 0.3) is 22.4 Å². The molecule has 36 heavy (non-hydrogen) atoms. The molecule has 0 bridgehead atoms. The zero-order valence-corrected chi connectivity index (χ0v) is 19.2. The van der Waals surface area contributed by atoms with E-state index in [1.54, 1.807) is 24.7 Å². The number of carbonyl (C=O) groups excluding carboxylic acids is 1. The van der Waals surface area contributed by atoms with Crippen molar-refractivity contribution in [2.24, 2.45) is 0 Å². The molecule has 0 atom stereocenters. The van der Waals surface area contributed by atoms with Crippen molar-refractivity contribution in [1.29, 1.82) is 0 Å². The number of nitrogens with zero attached hydrogens (tertiary/aromatic N) is 6. The number of imidazole rings is 1. The average molecular weight is 496 g/mol. The highest BCUT2D eigenvalue weighted by molar-refractivity contribution is 5.82. The molecule has 2 N–H and O–H groups in total. The first-order chi connectivity index (χ1) is 17.3. The SMILES string of the molecule is O=C(CC(F)(F)F)N1CCN(Cc2ccnc(Nc3nc4ccc(-c5ncccn5)cc4[nH]3)c2)CC1. The second-order valence-corrected chi connectivity index (χ2v) is 8.51. The highest BCUT2D eigenvalue weighted by Crippen LogP contribution is 2.24. The minimum absolute atomic E-state index is 0.278. The number of pyridine rings is 1. The maximum atomic E-state index is 12.5. The summed E-state index contributed by atoms with van der Waals surface area (Å²) >= 11 is 0. The molecule has 1 fully saturated rings. The van der Waals surface area contributed by atoms with Crippen LogP contribution in [0.4, 0.5) is 24.9 Å². The van der Waals surface area contributed by atoms with E-state index in [9.17, 15) is 18.0 Å². The van der Waals surface area contributed by atoms with Crippen molar-refractivity contribution >= 4 is 28.7 Å². The Balaban J connectivity index is 1.20. The number of benzene rings is 1. The van der Waals surface area contributed by atoms with Crippen LogP contribution in [0.5, 0.6) is 0 Å². The molecule has 12 heteroatoms. The first kappa shape index (κ1) is 23.7. The average Bonchev–Trinajstić information content (AvgIpc) is 3.25. The lowest BCUT2D eigenvalue weighted by atomic mass is 10.2. The summed E-state index contributed by atoms with van der Waals surface area (Å²) in [6, 6.07) is 11.3. The van der Waals surface area contributed by atoms with E-state index >= 15 is 0 Å². The predicted molar refractivity (Wildman–Crippen MR) is 127 cm³/mol. The molecule has 1 aliphatic heterocycles. The summed E-state index contributed by atoms with van der Waals surface area (Å²) in [6.07, 6.45) is -0.812. The van der Waals surface area contributed by atoms with Gasteiger partial charge in [0.05, 0.1) is 11.0 Å². The fourth-order valence-electron chi connectivity index (χ4n) is 4.12.